The van der Waals surface area contributed by atoms with E-state index >= 15 is 0 Å². The molecule has 0 aliphatic carbocycles. The normalized spacial score (nSPS) is 11.8. The molecule has 0 unspecified atom stereocenters. The van der Waals surface area contributed by atoms with Crippen LogP contribution in [0, 0.1) is 0 Å². The first-order chi connectivity index (χ1) is 26.3. The Balaban J connectivity index is 1.07. The van der Waals surface area contributed by atoms with Crippen molar-refractivity contribution in [3.8, 4) is 16.8 Å². The van der Waals surface area contributed by atoms with Crippen LogP contribution in [0.4, 0.5) is 17.1 Å². The summed E-state index contributed by atoms with van der Waals surface area (Å²) in [6, 6.07) is 69.7. The third-order valence-electron chi connectivity index (χ3n) is 10.8. The van der Waals surface area contributed by atoms with Gasteiger partial charge in [0.1, 0.15) is 11.2 Å². The summed E-state index contributed by atoms with van der Waals surface area (Å²) in [5, 5.41) is 9.48. The molecule has 0 saturated carbocycles. The average molecular weight is 677 g/mol. The number of benzene rings is 9. The summed E-state index contributed by atoms with van der Waals surface area (Å²) >= 11 is 0. The third kappa shape index (κ3) is 4.68. The highest BCUT2D eigenvalue weighted by atomic mass is 16.3. The monoisotopic (exact) mass is 676 g/mol. The lowest BCUT2D eigenvalue weighted by Gasteiger charge is -2.26. The van der Waals surface area contributed by atoms with Crippen LogP contribution in [0.2, 0.25) is 0 Å². The second kappa shape index (κ2) is 11.7. The zero-order valence-corrected chi connectivity index (χ0v) is 28.8. The summed E-state index contributed by atoms with van der Waals surface area (Å²) in [5.74, 6) is 0. The molecule has 0 N–H and O–H groups in total. The Kier molecular flexibility index (Phi) is 6.55. The van der Waals surface area contributed by atoms with E-state index in [1.807, 2.05) is 6.07 Å². The topological polar surface area (TPSA) is 21.3 Å². The zero-order chi connectivity index (χ0) is 34.9. The molecule has 2 aromatic heterocycles. The first kappa shape index (κ1) is 29.6. The summed E-state index contributed by atoms with van der Waals surface area (Å²) in [6.07, 6.45) is 0. The van der Waals surface area contributed by atoms with Gasteiger partial charge in [-0.05, 0) is 100 Å². The van der Waals surface area contributed by atoms with Crippen LogP contribution in [0.5, 0.6) is 0 Å². The number of furan rings is 1. The van der Waals surface area contributed by atoms with Crippen LogP contribution in [0.15, 0.2) is 199 Å². The molecule has 0 aliphatic rings. The Bertz CT molecular complexity index is 3100. The van der Waals surface area contributed by atoms with Gasteiger partial charge in [-0.25, -0.2) is 0 Å². The molecule has 0 fully saturated rings. The van der Waals surface area contributed by atoms with Crippen molar-refractivity contribution >= 4 is 82.4 Å². The Hall–Kier alpha value is -7.10. The maximum atomic E-state index is 6.52. The molecule has 0 spiro atoms. The van der Waals surface area contributed by atoms with Gasteiger partial charge >= 0.3 is 0 Å². The minimum Gasteiger partial charge on any atom is -0.455 e. The molecule has 0 bridgehead atoms. The van der Waals surface area contributed by atoms with E-state index in [9.17, 15) is 0 Å². The van der Waals surface area contributed by atoms with Gasteiger partial charge in [0.2, 0.25) is 0 Å². The quantitative estimate of drug-likeness (QED) is 0.169. The molecule has 11 rings (SSSR count). The maximum Gasteiger partial charge on any atom is 0.143 e. The van der Waals surface area contributed by atoms with Crippen LogP contribution in [0.3, 0.4) is 0 Å². The Morgan fingerprint density at radius 3 is 1.66 bits per heavy atom. The van der Waals surface area contributed by atoms with E-state index in [1.54, 1.807) is 0 Å². The van der Waals surface area contributed by atoms with Crippen molar-refractivity contribution < 1.29 is 4.42 Å². The molecule has 0 amide bonds. The molecule has 248 valence electrons. The fraction of sp³-hybridized carbons (Fsp3) is 0. The van der Waals surface area contributed by atoms with E-state index in [4.69, 9.17) is 4.42 Å². The molecule has 0 saturated heterocycles. The van der Waals surface area contributed by atoms with Crippen molar-refractivity contribution in [2.45, 2.75) is 0 Å². The van der Waals surface area contributed by atoms with E-state index in [1.165, 1.54) is 43.7 Å². The zero-order valence-electron chi connectivity index (χ0n) is 28.8. The molecule has 9 aromatic carbocycles. The van der Waals surface area contributed by atoms with Gasteiger partial charge in [0, 0.05) is 49.7 Å². The highest BCUT2D eigenvalue weighted by molar-refractivity contribution is 6.23. The van der Waals surface area contributed by atoms with Crippen LogP contribution < -0.4 is 4.90 Å². The van der Waals surface area contributed by atoms with Gasteiger partial charge in [0.05, 0.1) is 11.0 Å². The van der Waals surface area contributed by atoms with Crippen molar-refractivity contribution in [2.75, 3.05) is 4.90 Å². The summed E-state index contributed by atoms with van der Waals surface area (Å²) in [7, 11) is 0. The number of aromatic nitrogens is 1. The number of rotatable bonds is 5. The summed E-state index contributed by atoms with van der Waals surface area (Å²) in [5.41, 5.74) is 11.1. The van der Waals surface area contributed by atoms with Crippen molar-refractivity contribution in [3.05, 3.63) is 194 Å². The first-order valence-corrected chi connectivity index (χ1v) is 18.1. The maximum absolute atomic E-state index is 6.52. The summed E-state index contributed by atoms with van der Waals surface area (Å²) in [4.78, 5) is 2.36. The summed E-state index contributed by atoms with van der Waals surface area (Å²) in [6.45, 7) is 0. The second-order valence-electron chi connectivity index (χ2n) is 13.7. The van der Waals surface area contributed by atoms with Gasteiger partial charge < -0.3 is 13.9 Å². The molecule has 0 atom stereocenters. The number of hydrogen-bond donors (Lipinski definition) is 0. The van der Waals surface area contributed by atoms with Crippen molar-refractivity contribution in [1.29, 1.82) is 0 Å². The predicted molar refractivity (Wildman–Crippen MR) is 223 cm³/mol. The van der Waals surface area contributed by atoms with Gasteiger partial charge in [-0.15, -0.1) is 0 Å². The highest BCUT2D eigenvalue weighted by Crippen LogP contribution is 2.42. The highest BCUT2D eigenvalue weighted by Gasteiger charge is 2.18. The fourth-order valence-electron chi connectivity index (χ4n) is 8.29. The van der Waals surface area contributed by atoms with Crippen molar-refractivity contribution in [3.63, 3.8) is 0 Å². The molecule has 11 aromatic rings. The van der Waals surface area contributed by atoms with Gasteiger partial charge in [-0.3, -0.25) is 0 Å². The number of para-hydroxylation sites is 3. The molecule has 3 nitrogen and oxygen atoms in total. The first-order valence-electron chi connectivity index (χ1n) is 18.1. The second-order valence-corrected chi connectivity index (χ2v) is 13.7. The molecular weight excluding hydrogens is 645 g/mol. The molecule has 2 heterocycles. The fourth-order valence-corrected chi connectivity index (χ4v) is 8.29. The minimum atomic E-state index is 0.915. The van der Waals surface area contributed by atoms with Gasteiger partial charge in [0.15, 0.2) is 0 Å². The Morgan fingerprint density at radius 1 is 0.377 bits per heavy atom. The predicted octanol–water partition coefficient (Wildman–Crippen LogP) is 14.1. The van der Waals surface area contributed by atoms with E-state index < -0.39 is 0 Å². The molecule has 3 heteroatoms. The Morgan fingerprint density at radius 2 is 0.925 bits per heavy atom. The van der Waals surface area contributed by atoms with Crippen LogP contribution in [0.25, 0.3) is 82.1 Å². The molecule has 0 aliphatic heterocycles. The lowest BCUT2D eigenvalue weighted by atomic mass is 9.98. The van der Waals surface area contributed by atoms with Gasteiger partial charge in [-0.2, -0.15) is 0 Å². The van der Waals surface area contributed by atoms with Crippen molar-refractivity contribution in [1.82, 2.24) is 4.57 Å². The van der Waals surface area contributed by atoms with Gasteiger partial charge in [0.25, 0.3) is 0 Å². The van der Waals surface area contributed by atoms with E-state index in [0.717, 1.165) is 55.5 Å². The molecular formula is C50H32N2O. The van der Waals surface area contributed by atoms with E-state index in [-0.39, 0.29) is 0 Å². The molecule has 53 heavy (non-hydrogen) atoms. The molecule has 0 radical (unpaired) electrons. The van der Waals surface area contributed by atoms with Crippen LogP contribution in [-0.4, -0.2) is 4.57 Å². The lowest BCUT2D eigenvalue weighted by molar-refractivity contribution is 0.673. The Labute approximate surface area is 306 Å². The largest absolute Gasteiger partial charge is 0.455 e. The standard InChI is InChI=1S/C50H32N2O/c1-2-10-33(11-3-1)34-20-23-37(24-21-34)51(38-25-27-39(28-26-38)52-46-15-7-4-12-42(46)43-13-5-8-16-47(43)52)40-29-31-41-36(32-40)19-18-35-22-30-45-44-14-6-9-17-48(44)53-50(45)49(35)41/h1-32H. The smallest absolute Gasteiger partial charge is 0.143 e. The lowest BCUT2D eigenvalue weighted by Crippen LogP contribution is -2.10. The van der Waals surface area contributed by atoms with Gasteiger partial charge in [-0.1, -0.05) is 121 Å². The summed E-state index contributed by atoms with van der Waals surface area (Å²) < 4.78 is 8.89. The van der Waals surface area contributed by atoms with Crippen LogP contribution in [-0.2, 0) is 0 Å². The van der Waals surface area contributed by atoms with Crippen LogP contribution >= 0.6 is 0 Å². The van der Waals surface area contributed by atoms with E-state index in [0.29, 0.717) is 0 Å². The number of fused-ring (bicyclic) bond motifs is 10. The SMILES string of the molecule is c1ccc(-c2ccc(N(c3ccc(-n4c5ccccc5c5ccccc54)cc3)c3ccc4c(ccc5ccc6c7ccccc7oc6c54)c3)cc2)cc1. The van der Waals surface area contributed by atoms with E-state index in [2.05, 4.69) is 198 Å². The number of hydrogen-bond acceptors (Lipinski definition) is 2. The minimum absolute atomic E-state index is 0.915. The van der Waals surface area contributed by atoms with Crippen molar-refractivity contribution in [2.24, 2.45) is 0 Å². The number of anilines is 3. The van der Waals surface area contributed by atoms with Crippen LogP contribution in [0.1, 0.15) is 0 Å². The number of nitrogens with zero attached hydrogens (tertiary/aromatic N) is 2. The average Bonchev–Trinajstić information content (AvgIpc) is 3.78. The third-order valence-corrected chi connectivity index (χ3v) is 10.8.